The summed E-state index contributed by atoms with van der Waals surface area (Å²) in [6.07, 6.45) is 78.6. The molecule has 0 heterocycles. The first kappa shape index (κ1) is 70.1. The molecule has 0 aromatic rings. The van der Waals surface area contributed by atoms with Crippen LogP contribution in [-0.4, -0.2) is 37.2 Å². The number of carbonyl (C=O) groups is 3. The predicted octanol–water partition coefficient (Wildman–Crippen LogP) is 21.6. The second-order valence-electron chi connectivity index (χ2n) is 21.3. The number of unbranched alkanes of at least 4 members (excludes halogenated alkanes) is 37. The van der Waals surface area contributed by atoms with Crippen LogP contribution in [0.15, 0.2) is 60.8 Å². The van der Waals surface area contributed by atoms with Gasteiger partial charge < -0.3 is 14.2 Å². The van der Waals surface area contributed by atoms with E-state index in [2.05, 4.69) is 81.5 Å². The lowest BCUT2D eigenvalue weighted by Gasteiger charge is -2.18. The molecule has 0 aliphatic heterocycles. The molecule has 0 radical (unpaired) electrons. The van der Waals surface area contributed by atoms with Crippen LogP contribution in [0.2, 0.25) is 0 Å². The van der Waals surface area contributed by atoms with E-state index in [1.165, 1.54) is 199 Å². The Morgan fingerprint density at radius 2 is 0.493 bits per heavy atom. The average Bonchev–Trinajstić information content (AvgIpc) is 3.39. The zero-order valence-electron chi connectivity index (χ0n) is 48.7. The zero-order chi connectivity index (χ0) is 52.9. The third-order valence-corrected chi connectivity index (χ3v) is 14.0. The van der Waals surface area contributed by atoms with Gasteiger partial charge in [0.25, 0.3) is 0 Å². The van der Waals surface area contributed by atoms with Gasteiger partial charge >= 0.3 is 17.9 Å². The monoisotopic (exact) mass is 1020 g/mol. The van der Waals surface area contributed by atoms with Crippen molar-refractivity contribution in [2.45, 2.75) is 335 Å². The van der Waals surface area contributed by atoms with Crippen molar-refractivity contribution in [1.82, 2.24) is 0 Å². The second-order valence-corrected chi connectivity index (χ2v) is 21.3. The van der Waals surface area contributed by atoms with E-state index in [9.17, 15) is 14.4 Å². The molecule has 0 bridgehead atoms. The summed E-state index contributed by atoms with van der Waals surface area (Å²) in [5.74, 6) is -0.890. The Balaban J connectivity index is 3.97. The van der Waals surface area contributed by atoms with Crippen LogP contribution in [0.3, 0.4) is 0 Å². The molecule has 424 valence electrons. The Kier molecular flexibility index (Phi) is 59.2. The maximum absolute atomic E-state index is 12.8. The van der Waals surface area contributed by atoms with Crippen LogP contribution >= 0.6 is 0 Å². The molecule has 6 nitrogen and oxygen atoms in total. The van der Waals surface area contributed by atoms with Crippen LogP contribution in [0.25, 0.3) is 0 Å². The molecule has 6 heteroatoms. The van der Waals surface area contributed by atoms with Crippen molar-refractivity contribution in [1.29, 1.82) is 0 Å². The normalized spacial score (nSPS) is 12.4. The molecule has 0 aromatic carbocycles. The smallest absolute Gasteiger partial charge is 0.306 e. The highest BCUT2D eigenvalue weighted by Gasteiger charge is 2.19. The van der Waals surface area contributed by atoms with Gasteiger partial charge in [-0.05, 0) is 89.9 Å². The Morgan fingerprint density at radius 3 is 0.795 bits per heavy atom. The molecule has 0 amide bonds. The number of rotatable bonds is 58. The number of allylic oxidation sites excluding steroid dienone is 10. The SMILES string of the molecule is CCCCC/C=C\C/C=C\C/C=C\CCCCCCCCC(=O)OC(COC(=O)CCCCCCC)COC(=O)CCCCCCCCCCCCCCCCCCCCC/C=C\C/C=C\CCCCCCC. The largest absolute Gasteiger partial charge is 0.462 e. The van der Waals surface area contributed by atoms with Gasteiger partial charge in [0.15, 0.2) is 6.10 Å². The molecular formula is C67H120O6. The van der Waals surface area contributed by atoms with E-state index >= 15 is 0 Å². The Morgan fingerprint density at radius 1 is 0.274 bits per heavy atom. The number of ether oxygens (including phenoxy) is 3. The summed E-state index contributed by atoms with van der Waals surface area (Å²) in [5.41, 5.74) is 0. The molecular weight excluding hydrogens is 901 g/mol. The van der Waals surface area contributed by atoms with E-state index in [0.29, 0.717) is 19.3 Å². The summed E-state index contributed by atoms with van der Waals surface area (Å²) < 4.78 is 16.8. The zero-order valence-corrected chi connectivity index (χ0v) is 48.7. The molecule has 0 rings (SSSR count). The highest BCUT2D eigenvalue weighted by molar-refractivity contribution is 5.71. The van der Waals surface area contributed by atoms with Gasteiger partial charge in [-0.1, -0.05) is 281 Å². The minimum atomic E-state index is -0.776. The highest BCUT2D eigenvalue weighted by atomic mass is 16.6. The summed E-state index contributed by atoms with van der Waals surface area (Å²) in [7, 11) is 0. The van der Waals surface area contributed by atoms with E-state index in [4.69, 9.17) is 14.2 Å². The predicted molar refractivity (Wildman–Crippen MR) is 316 cm³/mol. The Hall–Kier alpha value is -2.89. The van der Waals surface area contributed by atoms with Crippen molar-refractivity contribution in [2.24, 2.45) is 0 Å². The molecule has 1 unspecified atom stereocenters. The van der Waals surface area contributed by atoms with E-state index in [-0.39, 0.29) is 31.1 Å². The Labute approximate surface area is 453 Å². The van der Waals surface area contributed by atoms with Gasteiger partial charge in [-0.25, -0.2) is 0 Å². The fourth-order valence-electron chi connectivity index (χ4n) is 9.19. The van der Waals surface area contributed by atoms with Gasteiger partial charge in [-0.2, -0.15) is 0 Å². The maximum atomic E-state index is 12.8. The van der Waals surface area contributed by atoms with Crippen molar-refractivity contribution in [3.63, 3.8) is 0 Å². The lowest BCUT2D eigenvalue weighted by molar-refractivity contribution is -0.167. The average molecular weight is 1020 g/mol. The molecule has 0 saturated carbocycles. The van der Waals surface area contributed by atoms with Gasteiger partial charge in [0.05, 0.1) is 0 Å². The lowest BCUT2D eigenvalue weighted by atomic mass is 10.0. The van der Waals surface area contributed by atoms with Crippen LogP contribution in [0.5, 0.6) is 0 Å². The van der Waals surface area contributed by atoms with Crippen LogP contribution in [-0.2, 0) is 28.6 Å². The summed E-state index contributed by atoms with van der Waals surface area (Å²) in [6.45, 7) is 6.54. The third kappa shape index (κ3) is 59.9. The summed E-state index contributed by atoms with van der Waals surface area (Å²) in [5, 5.41) is 0. The van der Waals surface area contributed by atoms with Crippen LogP contribution in [0, 0.1) is 0 Å². The van der Waals surface area contributed by atoms with Crippen LogP contribution in [0.4, 0.5) is 0 Å². The standard InChI is InChI=1S/C67H120O6/c1-4-7-10-13-15-17-19-21-23-25-27-28-29-30-31-32-33-34-35-36-37-38-40-41-43-45-47-49-51-54-57-60-66(69)72-63-64(62-71-65(68)59-56-53-12-9-6-3)73-67(70)61-58-55-52-50-48-46-44-42-39-26-24-22-20-18-16-14-11-8-5-2/h16,18-19,21-22,24-25,27,39,42,64H,4-15,17,20,23,26,28-38,40-41,43-63H2,1-3H3/b18-16-,21-19-,24-22-,27-25-,42-39-. The Bertz CT molecular complexity index is 1310. The highest BCUT2D eigenvalue weighted by Crippen LogP contribution is 2.17. The summed E-state index contributed by atoms with van der Waals surface area (Å²) >= 11 is 0. The molecule has 73 heavy (non-hydrogen) atoms. The van der Waals surface area contributed by atoms with Crippen molar-refractivity contribution < 1.29 is 28.6 Å². The lowest BCUT2D eigenvalue weighted by Crippen LogP contribution is -2.30. The number of hydrogen-bond acceptors (Lipinski definition) is 6. The number of carbonyl (C=O) groups excluding carboxylic acids is 3. The van der Waals surface area contributed by atoms with Crippen molar-refractivity contribution >= 4 is 17.9 Å². The van der Waals surface area contributed by atoms with Crippen LogP contribution < -0.4 is 0 Å². The number of hydrogen-bond donors (Lipinski definition) is 0. The van der Waals surface area contributed by atoms with Gasteiger partial charge in [-0.15, -0.1) is 0 Å². The maximum Gasteiger partial charge on any atom is 0.306 e. The van der Waals surface area contributed by atoms with E-state index in [1.807, 2.05) is 0 Å². The fourth-order valence-corrected chi connectivity index (χ4v) is 9.19. The van der Waals surface area contributed by atoms with Gasteiger partial charge in [0.1, 0.15) is 13.2 Å². The van der Waals surface area contributed by atoms with Gasteiger partial charge in [0.2, 0.25) is 0 Å². The van der Waals surface area contributed by atoms with Gasteiger partial charge in [-0.3, -0.25) is 14.4 Å². The molecule has 0 aliphatic rings. The third-order valence-electron chi connectivity index (χ3n) is 14.0. The van der Waals surface area contributed by atoms with Crippen molar-refractivity contribution in [3.05, 3.63) is 60.8 Å². The van der Waals surface area contributed by atoms with E-state index < -0.39 is 6.10 Å². The first-order valence-electron chi connectivity index (χ1n) is 31.8. The van der Waals surface area contributed by atoms with Crippen molar-refractivity contribution in [2.75, 3.05) is 13.2 Å². The molecule has 0 saturated heterocycles. The summed E-state index contributed by atoms with van der Waals surface area (Å²) in [6, 6.07) is 0. The number of esters is 3. The quantitative estimate of drug-likeness (QED) is 0.0261. The minimum Gasteiger partial charge on any atom is -0.462 e. The molecule has 0 fully saturated rings. The minimum absolute atomic E-state index is 0.0769. The van der Waals surface area contributed by atoms with Crippen molar-refractivity contribution in [3.8, 4) is 0 Å². The molecule has 0 aromatic heterocycles. The first-order chi connectivity index (χ1) is 36.0. The first-order valence-corrected chi connectivity index (χ1v) is 31.8. The summed E-state index contributed by atoms with van der Waals surface area (Å²) in [4.78, 5) is 37.9. The molecule has 0 spiro atoms. The van der Waals surface area contributed by atoms with E-state index in [0.717, 1.165) is 89.9 Å². The van der Waals surface area contributed by atoms with Gasteiger partial charge in [0, 0.05) is 19.3 Å². The second kappa shape index (κ2) is 61.7. The van der Waals surface area contributed by atoms with E-state index in [1.54, 1.807) is 0 Å². The van der Waals surface area contributed by atoms with Crippen LogP contribution in [0.1, 0.15) is 329 Å². The topological polar surface area (TPSA) is 78.9 Å². The molecule has 0 aliphatic carbocycles. The molecule has 0 N–H and O–H groups in total. The molecule has 1 atom stereocenters. The fraction of sp³-hybridized carbons (Fsp3) is 0.806.